The number of anilines is 1. The number of hydrogen-bond acceptors (Lipinski definition) is 5. The van der Waals surface area contributed by atoms with Gasteiger partial charge in [-0.15, -0.1) is 0 Å². The second kappa shape index (κ2) is 7.50. The minimum Gasteiger partial charge on any atom is -0.423 e. The summed E-state index contributed by atoms with van der Waals surface area (Å²) in [6.45, 7) is 4.83. The number of aromatic nitrogens is 2. The summed E-state index contributed by atoms with van der Waals surface area (Å²) < 4.78 is 6.37. The van der Waals surface area contributed by atoms with E-state index in [1.54, 1.807) is 6.20 Å². The van der Waals surface area contributed by atoms with Crippen LogP contribution in [-0.4, -0.2) is 35.6 Å². The highest BCUT2D eigenvalue weighted by molar-refractivity contribution is 6.35. The van der Waals surface area contributed by atoms with E-state index in [9.17, 15) is 0 Å². The van der Waals surface area contributed by atoms with Gasteiger partial charge in [0.2, 0.25) is 0 Å². The molecule has 1 unspecified atom stereocenters. The van der Waals surface area contributed by atoms with Gasteiger partial charge in [0.1, 0.15) is 5.52 Å². The summed E-state index contributed by atoms with van der Waals surface area (Å²) in [6, 6.07) is 18.8. The Balaban J connectivity index is 1.77. The Labute approximate surface area is 174 Å². The van der Waals surface area contributed by atoms with E-state index in [0.29, 0.717) is 22.7 Å². The lowest BCUT2D eigenvalue weighted by Gasteiger charge is -2.32. The van der Waals surface area contributed by atoms with Crippen molar-refractivity contribution in [3.05, 3.63) is 65.8 Å². The molecule has 5 nitrogen and oxygen atoms in total. The van der Waals surface area contributed by atoms with Gasteiger partial charge in [-0.1, -0.05) is 48.0 Å². The summed E-state index contributed by atoms with van der Waals surface area (Å²) in [4.78, 5) is 11.6. The van der Waals surface area contributed by atoms with Crippen molar-refractivity contribution in [3.63, 3.8) is 0 Å². The molecule has 4 aromatic rings. The van der Waals surface area contributed by atoms with Crippen molar-refractivity contribution < 1.29 is 4.42 Å². The molecule has 1 atom stereocenters. The van der Waals surface area contributed by atoms with Crippen LogP contribution in [0.3, 0.4) is 0 Å². The predicted molar refractivity (Wildman–Crippen MR) is 117 cm³/mol. The quantitative estimate of drug-likeness (QED) is 0.520. The van der Waals surface area contributed by atoms with E-state index >= 15 is 0 Å². The minimum absolute atomic E-state index is 0.297. The molecule has 1 fully saturated rings. The minimum atomic E-state index is 0.297. The maximum atomic E-state index is 6.78. The number of oxazole rings is 1. The Kier molecular flexibility index (Phi) is 4.70. The molecule has 6 heteroatoms. The van der Waals surface area contributed by atoms with Crippen molar-refractivity contribution in [2.75, 3.05) is 24.5 Å². The fourth-order valence-corrected chi connectivity index (χ4v) is 4.19. The number of halogens is 1. The van der Waals surface area contributed by atoms with E-state index in [1.807, 2.05) is 54.6 Å². The molecule has 1 N–H and O–H groups in total. The van der Waals surface area contributed by atoms with Crippen LogP contribution in [0, 0.1) is 0 Å². The lowest BCUT2D eigenvalue weighted by atomic mass is 10.0. The molecule has 29 heavy (non-hydrogen) atoms. The van der Waals surface area contributed by atoms with Crippen molar-refractivity contribution in [1.29, 1.82) is 0 Å². The average molecular weight is 405 g/mol. The summed E-state index contributed by atoms with van der Waals surface area (Å²) >= 11 is 6.78. The molecule has 2 aromatic heterocycles. The molecular weight excluding hydrogens is 384 g/mol. The molecule has 0 aliphatic carbocycles. The van der Waals surface area contributed by atoms with Gasteiger partial charge in [-0.3, -0.25) is 4.98 Å². The molecule has 1 saturated heterocycles. The Morgan fingerprint density at radius 2 is 1.97 bits per heavy atom. The van der Waals surface area contributed by atoms with Gasteiger partial charge in [0.25, 0.3) is 6.01 Å². The first-order valence-corrected chi connectivity index (χ1v) is 10.2. The largest absolute Gasteiger partial charge is 0.423 e. The van der Waals surface area contributed by atoms with Gasteiger partial charge in [-0.25, -0.2) is 0 Å². The monoisotopic (exact) mass is 404 g/mol. The van der Waals surface area contributed by atoms with Gasteiger partial charge in [0.05, 0.1) is 10.7 Å². The predicted octanol–water partition coefficient (Wildman–Crippen LogP) is 5.01. The molecule has 0 spiro atoms. The highest BCUT2D eigenvalue weighted by Gasteiger charge is 2.26. The number of piperazine rings is 1. The van der Waals surface area contributed by atoms with Crippen LogP contribution >= 0.6 is 11.6 Å². The second-order valence-electron chi connectivity index (χ2n) is 7.28. The van der Waals surface area contributed by atoms with Crippen molar-refractivity contribution in [2.45, 2.75) is 13.0 Å². The van der Waals surface area contributed by atoms with E-state index in [-0.39, 0.29) is 0 Å². The third-order valence-electron chi connectivity index (χ3n) is 5.36. The van der Waals surface area contributed by atoms with Gasteiger partial charge < -0.3 is 14.6 Å². The Morgan fingerprint density at radius 1 is 1.14 bits per heavy atom. The molecule has 1 aliphatic rings. The van der Waals surface area contributed by atoms with Gasteiger partial charge in [0, 0.05) is 43.0 Å². The third kappa shape index (κ3) is 3.26. The molecule has 3 heterocycles. The van der Waals surface area contributed by atoms with Gasteiger partial charge in [0.15, 0.2) is 5.58 Å². The highest BCUT2D eigenvalue weighted by atomic mass is 35.5. The van der Waals surface area contributed by atoms with Gasteiger partial charge in [-0.05, 0) is 30.7 Å². The zero-order valence-electron chi connectivity index (χ0n) is 16.1. The molecule has 2 aromatic carbocycles. The molecule has 1 aliphatic heterocycles. The van der Waals surface area contributed by atoms with E-state index in [1.165, 1.54) is 0 Å². The van der Waals surface area contributed by atoms with Crippen LogP contribution in [0.5, 0.6) is 0 Å². The van der Waals surface area contributed by atoms with Crippen LogP contribution in [0.2, 0.25) is 5.02 Å². The van der Waals surface area contributed by atoms with Crippen LogP contribution < -0.4 is 10.2 Å². The lowest BCUT2D eigenvalue weighted by Crippen LogP contribution is -2.50. The number of benzene rings is 2. The van der Waals surface area contributed by atoms with Gasteiger partial charge in [-0.2, -0.15) is 4.98 Å². The normalized spacial score (nSPS) is 17.0. The maximum absolute atomic E-state index is 6.78. The summed E-state index contributed by atoms with van der Waals surface area (Å²) in [5, 5.41) is 4.05. The highest BCUT2D eigenvalue weighted by Crippen LogP contribution is 2.42. The van der Waals surface area contributed by atoms with Crippen molar-refractivity contribution in [2.24, 2.45) is 0 Å². The number of fused-ring (bicyclic) bond motifs is 1. The van der Waals surface area contributed by atoms with Crippen LogP contribution in [0.4, 0.5) is 6.01 Å². The molecule has 146 valence electrons. The van der Waals surface area contributed by atoms with E-state index < -0.39 is 0 Å². The molecule has 0 radical (unpaired) electrons. The Morgan fingerprint density at radius 3 is 2.72 bits per heavy atom. The maximum Gasteiger partial charge on any atom is 0.298 e. The first-order chi connectivity index (χ1) is 14.2. The average Bonchev–Trinajstić information content (AvgIpc) is 3.19. The molecule has 0 amide bonds. The SMILES string of the molecule is CC1CNCCN1c1nc2c(-c3ccccc3)c(Cl)cc(-c3ccccn3)c2o1. The molecule has 0 bridgehead atoms. The fraction of sp³-hybridized carbons (Fsp3) is 0.217. The van der Waals surface area contributed by atoms with Crippen LogP contribution in [0.25, 0.3) is 33.5 Å². The topological polar surface area (TPSA) is 54.2 Å². The number of nitrogens with one attached hydrogen (secondary N) is 1. The number of hydrogen-bond donors (Lipinski definition) is 1. The van der Waals surface area contributed by atoms with Crippen LogP contribution in [0.15, 0.2) is 65.2 Å². The van der Waals surface area contributed by atoms with E-state index in [2.05, 4.69) is 22.1 Å². The van der Waals surface area contributed by atoms with Gasteiger partial charge >= 0.3 is 0 Å². The standard InChI is InChI=1S/C23H21ClN4O/c1-15-14-25-11-12-28(15)23-27-21-20(16-7-3-2-4-8-16)18(24)13-17(22(21)29-23)19-9-5-6-10-26-19/h2-10,13,15,25H,11-12,14H2,1H3. The Bertz CT molecular complexity index is 1140. The lowest BCUT2D eigenvalue weighted by molar-refractivity contribution is 0.456. The first-order valence-electron chi connectivity index (χ1n) is 9.79. The number of rotatable bonds is 3. The molecule has 5 rings (SSSR count). The van der Waals surface area contributed by atoms with E-state index in [0.717, 1.165) is 47.5 Å². The van der Waals surface area contributed by atoms with Crippen molar-refractivity contribution in [3.8, 4) is 22.4 Å². The first kappa shape index (κ1) is 18.2. The Hall–Kier alpha value is -2.89. The zero-order valence-corrected chi connectivity index (χ0v) is 16.9. The molecular formula is C23H21ClN4O. The van der Waals surface area contributed by atoms with Crippen LogP contribution in [-0.2, 0) is 0 Å². The fourth-order valence-electron chi connectivity index (χ4n) is 3.88. The molecule has 0 saturated carbocycles. The number of pyridine rings is 1. The second-order valence-corrected chi connectivity index (χ2v) is 7.69. The smallest absolute Gasteiger partial charge is 0.298 e. The summed E-state index contributed by atoms with van der Waals surface area (Å²) in [7, 11) is 0. The number of nitrogens with zero attached hydrogens (tertiary/aromatic N) is 3. The summed E-state index contributed by atoms with van der Waals surface area (Å²) in [5.74, 6) is 0. The van der Waals surface area contributed by atoms with E-state index in [4.69, 9.17) is 21.0 Å². The summed E-state index contributed by atoms with van der Waals surface area (Å²) in [6.07, 6.45) is 1.77. The third-order valence-corrected chi connectivity index (χ3v) is 5.66. The summed E-state index contributed by atoms with van der Waals surface area (Å²) in [5.41, 5.74) is 5.06. The van der Waals surface area contributed by atoms with Crippen molar-refractivity contribution in [1.82, 2.24) is 15.3 Å². The van der Waals surface area contributed by atoms with Crippen LogP contribution in [0.1, 0.15) is 6.92 Å². The van der Waals surface area contributed by atoms with Crippen molar-refractivity contribution >= 4 is 28.7 Å². The zero-order chi connectivity index (χ0) is 19.8.